The van der Waals surface area contributed by atoms with Crippen molar-refractivity contribution in [2.45, 2.75) is 18.6 Å². The minimum absolute atomic E-state index is 0.0300. The van der Waals surface area contributed by atoms with Gasteiger partial charge in [0.05, 0.1) is 19.2 Å². The van der Waals surface area contributed by atoms with Crippen molar-refractivity contribution < 1.29 is 14.3 Å². The summed E-state index contributed by atoms with van der Waals surface area (Å²) in [4.78, 5) is 18.1. The SMILES string of the molecule is O=C(c1csc(-c2ccccc2)n1)N1C[C@@H](F)C[C@H]1CO. The summed E-state index contributed by atoms with van der Waals surface area (Å²) in [6.07, 6.45) is -0.879. The van der Waals surface area contributed by atoms with Gasteiger partial charge in [0.2, 0.25) is 0 Å². The fraction of sp³-hybridized carbons (Fsp3) is 0.333. The van der Waals surface area contributed by atoms with Crippen molar-refractivity contribution in [1.29, 1.82) is 0 Å². The number of alkyl halides is 1. The van der Waals surface area contributed by atoms with E-state index in [4.69, 9.17) is 0 Å². The number of thiazole rings is 1. The number of amides is 1. The first kappa shape index (κ1) is 14.2. The molecule has 1 saturated heterocycles. The maximum absolute atomic E-state index is 13.4. The number of aliphatic hydroxyl groups excluding tert-OH is 1. The molecule has 1 aliphatic rings. The number of nitrogens with zero attached hydrogens (tertiary/aromatic N) is 2. The summed E-state index contributed by atoms with van der Waals surface area (Å²) in [7, 11) is 0. The van der Waals surface area contributed by atoms with Crippen LogP contribution in [0.2, 0.25) is 0 Å². The van der Waals surface area contributed by atoms with E-state index in [1.807, 2.05) is 30.3 Å². The number of carbonyl (C=O) groups excluding carboxylic acids is 1. The highest BCUT2D eigenvalue weighted by molar-refractivity contribution is 7.13. The van der Waals surface area contributed by atoms with Gasteiger partial charge in [0.15, 0.2) is 0 Å². The van der Waals surface area contributed by atoms with E-state index >= 15 is 0 Å². The average Bonchev–Trinajstić information content (AvgIpc) is 3.14. The molecule has 0 aliphatic carbocycles. The van der Waals surface area contributed by atoms with Crippen LogP contribution in [0.4, 0.5) is 4.39 Å². The summed E-state index contributed by atoms with van der Waals surface area (Å²) in [6, 6.07) is 9.14. The van der Waals surface area contributed by atoms with E-state index in [1.165, 1.54) is 16.2 Å². The molecule has 0 unspecified atom stereocenters. The summed E-state index contributed by atoms with van der Waals surface area (Å²) in [5, 5.41) is 11.7. The van der Waals surface area contributed by atoms with Crippen LogP contribution in [-0.2, 0) is 0 Å². The zero-order chi connectivity index (χ0) is 14.8. The van der Waals surface area contributed by atoms with Gasteiger partial charge in [0, 0.05) is 17.4 Å². The van der Waals surface area contributed by atoms with Crippen LogP contribution < -0.4 is 0 Å². The molecule has 4 nitrogen and oxygen atoms in total. The topological polar surface area (TPSA) is 53.4 Å². The summed E-state index contributed by atoms with van der Waals surface area (Å²) < 4.78 is 13.4. The van der Waals surface area contributed by atoms with Crippen molar-refractivity contribution in [3.8, 4) is 10.6 Å². The van der Waals surface area contributed by atoms with Gasteiger partial charge in [-0.1, -0.05) is 30.3 Å². The molecule has 6 heteroatoms. The highest BCUT2D eigenvalue weighted by Gasteiger charge is 2.36. The number of carbonyl (C=O) groups is 1. The van der Waals surface area contributed by atoms with Crippen LogP contribution in [0.3, 0.4) is 0 Å². The first-order valence-corrected chi connectivity index (χ1v) is 7.64. The largest absolute Gasteiger partial charge is 0.394 e. The second-order valence-corrected chi connectivity index (χ2v) is 5.89. The Kier molecular flexibility index (Phi) is 3.98. The van der Waals surface area contributed by atoms with Gasteiger partial charge < -0.3 is 10.0 Å². The van der Waals surface area contributed by atoms with Crippen LogP contribution in [-0.4, -0.2) is 46.3 Å². The third-order valence-corrected chi connectivity index (χ3v) is 4.47. The average molecular weight is 306 g/mol. The van der Waals surface area contributed by atoms with Crippen LogP contribution in [0.1, 0.15) is 16.9 Å². The number of halogens is 1. The molecule has 1 fully saturated rings. The Morgan fingerprint density at radius 2 is 2.19 bits per heavy atom. The highest BCUT2D eigenvalue weighted by atomic mass is 32.1. The first-order chi connectivity index (χ1) is 10.2. The Balaban J connectivity index is 1.81. The summed E-state index contributed by atoms with van der Waals surface area (Å²) in [6.45, 7) is -0.190. The fourth-order valence-corrected chi connectivity index (χ4v) is 3.31. The van der Waals surface area contributed by atoms with Gasteiger partial charge in [-0.25, -0.2) is 9.37 Å². The van der Waals surface area contributed by atoms with Crippen LogP contribution in [0.15, 0.2) is 35.7 Å². The normalized spacial score (nSPS) is 21.7. The fourth-order valence-electron chi connectivity index (χ4n) is 2.51. The highest BCUT2D eigenvalue weighted by Crippen LogP contribution is 2.26. The molecule has 1 aliphatic heterocycles. The zero-order valence-corrected chi connectivity index (χ0v) is 12.1. The Bertz CT molecular complexity index is 632. The lowest BCUT2D eigenvalue weighted by atomic mass is 10.2. The molecule has 0 spiro atoms. The smallest absolute Gasteiger partial charge is 0.273 e. The standard InChI is InChI=1S/C15H15FN2O2S/c16-11-6-12(8-19)18(7-11)15(20)13-9-21-14(17-13)10-4-2-1-3-5-10/h1-5,9,11-12,19H,6-8H2/t11-,12-/m0/s1. The lowest BCUT2D eigenvalue weighted by Crippen LogP contribution is -2.38. The lowest BCUT2D eigenvalue weighted by Gasteiger charge is -2.21. The third-order valence-electron chi connectivity index (χ3n) is 3.58. The summed E-state index contributed by atoms with van der Waals surface area (Å²) >= 11 is 1.38. The van der Waals surface area contributed by atoms with Crippen LogP contribution >= 0.6 is 11.3 Å². The number of hydrogen-bond acceptors (Lipinski definition) is 4. The molecule has 110 valence electrons. The zero-order valence-electron chi connectivity index (χ0n) is 11.3. The van der Waals surface area contributed by atoms with Crippen LogP contribution in [0.5, 0.6) is 0 Å². The molecule has 2 heterocycles. The number of likely N-dealkylation sites (tertiary alicyclic amines) is 1. The van der Waals surface area contributed by atoms with E-state index in [9.17, 15) is 14.3 Å². The number of aliphatic hydroxyl groups is 1. The van der Waals surface area contributed by atoms with Crippen molar-refractivity contribution in [2.75, 3.05) is 13.2 Å². The Morgan fingerprint density at radius 3 is 2.90 bits per heavy atom. The van der Waals surface area contributed by atoms with Crippen LogP contribution in [0.25, 0.3) is 10.6 Å². The number of aromatic nitrogens is 1. The van der Waals surface area contributed by atoms with Crippen molar-refractivity contribution in [1.82, 2.24) is 9.88 Å². The van der Waals surface area contributed by atoms with Gasteiger partial charge in [-0.2, -0.15) is 0 Å². The van der Waals surface area contributed by atoms with Crippen molar-refractivity contribution >= 4 is 17.2 Å². The molecular weight excluding hydrogens is 291 g/mol. The Morgan fingerprint density at radius 1 is 1.43 bits per heavy atom. The lowest BCUT2D eigenvalue weighted by molar-refractivity contribution is 0.0668. The maximum Gasteiger partial charge on any atom is 0.273 e. The minimum Gasteiger partial charge on any atom is -0.394 e. The Labute approximate surface area is 125 Å². The third kappa shape index (κ3) is 2.82. The summed E-state index contributed by atoms with van der Waals surface area (Å²) in [5.74, 6) is -0.312. The van der Waals surface area contributed by atoms with E-state index < -0.39 is 12.2 Å². The van der Waals surface area contributed by atoms with Crippen molar-refractivity contribution in [2.24, 2.45) is 0 Å². The van der Waals surface area contributed by atoms with Gasteiger partial charge in [-0.3, -0.25) is 4.79 Å². The molecule has 3 rings (SSSR count). The van der Waals surface area contributed by atoms with Crippen LogP contribution in [0, 0.1) is 0 Å². The number of hydrogen-bond donors (Lipinski definition) is 1. The molecule has 1 aromatic heterocycles. The van der Waals surface area contributed by atoms with E-state index in [1.54, 1.807) is 5.38 Å². The van der Waals surface area contributed by atoms with E-state index in [0.717, 1.165) is 10.6 Å². The van der Waals surface area contributed by atoms with Crippen molar-refractivity contribution in [3.05, 3.63) is 41.4 Å². The van der Waals surface area contributed by atoms with Gasteiger partial charge in [-0.15, -0.1) is 11.3 Å². The molecule has 1 aromatic carbocycles. The Hall–Kier alpha value is -1.79. The van der Waals surface area contributed by atoms with Gasteiger partial charge >= 0.3 is 0 Å². The van der Waals surface area contributed by atoms with Crippen molar-refractivity contribution in [3.63, 3.8) is 0 Å². The molecule has 2 aromatic rings. The van der Waals surface area contributed by atoms with E-state index in [0.29, 0.717) is 5.69 Å². The van der Waals surface area contributed by atoms with Gasteiger partial charge in [-0.05, 0) is 0 Å². The molecule has 0 saturated carbocycles. The van der Waals surface area contributed by atoms with Gasteiger partial charge in [0.1, 0.15) is 16.9 Å². The molecule has 0 bridgehead atoms. The molecule has 2 atom stereocenters. The molecular formula is C15H15FN2O2S. The maximum atomic E-state index is 13.4. The predicted octanol–water partition coefficient (Wildman–Crippen LogP) is 2.35. The molecule has 1 amide bonds. The molecule has 1 N–H and O–H groups in total. The minimum atomic E-state index is -1.07. The molecule has 0 radical (unpaired) electrons. The summed E-state index contributed by atoms with van der Waals surface area (Å²) in [5.41, 5.74) is 1.26. The van der Waals surface area contributed by atoms with Gasteiger partial charge in [0.25, 0.3) is 5.91 Å². The predicted molar refractivity (Wildman–Crippen MR) is 79.0 cm³/mol. The second kappa shape index (κ2) is 5.91. The quantitative estimate of drug-likeness (QED) is 0.947. The first-order valence-electron chi connectivity index (χ1n) is 6.76. The molecule has 21 heavy (non-hydrogen) atoms. The number of benzene rings is 1. The number of rotatable bonds is 3. The monoisotopic (exact) mass is 306 g/mol. The van der Waals surface area contributed by atoms with E-state index in [-0.39, 0.29) is 25.5 Å². The second-order valence-electron chi connectivity index (χ2n) is 5.03. The van der Waals surface area contributed by atoms with E-state index in [2.05, 4.69) is 4.98 Å².